The Hall–Kier alpha value is -2.00. The molecule has 3 aromatic rings. The van der Waals surface area contributed by atoms with Crippen LogP contribution in [0.4, 0.5) is 0 Å². The summed E-state index contributed by atoms with van der Waals surface area (Å²) in [4.78, 5) is 3.73. The van der Waals surface area contributed by atoms with Crippen molar-refractivity contribution in [3.63, 3.8) is 0 Å². The molecule has 0 radical (unpaired) electrons. The van der Waals surface area contributed by atoms with E-state index in [0.29, 0.717) is 24.7 Å². The summed E-state index contributed by atoms with van der Waals surface area (Å²) < 4.78 is 43.7. The monoisotopic (exact) mass is 607 g/mol. The average Bonchev–Trinajstić information content (AvgIpc) is 3.31. The third kappa shape index (κ3) is 8.28. The number of fused-ring (bicyclic) bond motifs is 1. The Morgan fingerprint density at radius 2 is 1.57 bits per heavy atom. The van der Waals surface area contributed by atoms with Crippen LogP contribution in [0.15, 0.2) is 42.5 Å². The summed E-state index contributed by atoms with van der Waals surface area (Å²) in [5.41, 5.74) is 0. The Morgan fingerprint density at radius 3 is 2.30 bits per heavy atom. The van der Waals surface area contributed by atoms with Crippen LogP contribution in [0.3, 0.4) is 0 Å². The summed E-state index contributed by atoms with van der Waals surface area (Å²) in [6.45, 7) is 5.99. The van der Waals surface area contributed by atoms with Gasteiger partial charge in [0, 0.05) is 16.6 Å². The lowest BCUT2D eigenvalue weighted by Gasteiger charge is -2.26. The molecule has 0 spiro atoms. The highest BCUT2D eigenvalue weighted by Crippen LogP contribution is 2.49. The van der Waals surface area contributed by atoms with Crippen molar-refractivity contribution in [1.82, 2.24) is 4.90 Å². The van der Waals surface area contributed by atoms with Gasteiger partial charge in [0.25, 0.3) is 0 Å². The van der Waals surface area contributed by atoms with E-state index in [0.717, 1.165) is 53.1 Å². The maximum atomic E-state index is 12.4. The molecule has 0 atom stereocenters. The van der Waals surface area contributed by atoms with Crippen LogP contribution < -0.4 is 13.7 Å². The standard InChI is InChI=1S/C31H41NO5S2.ClH/c1-2-3-22-39(33,34)37-27-16-17-28-29(23-27)38-31(24-10-6-4-7-11-24)30(28)36-26-14-12-25(13-15-26)35-21-20-32-18-8-5-9-19-32;/h12-17,23-24H,2-11,18-22H2,1H3;1H. The number of halogens is 1. The number of likely N-dealkylation sites (tertiary alicyclic amines) is 1. The van der Waals surface area contributed by atoms with Gasteiger partial charge in [0.2, 0.25) is 0 Å². The number of piperidine rings is 1. The minimum atomic E-state index is -3.60. The van der Waals surface area contributed by atoms with Gasteiger partial charge in [0.1, 0.15) is 29.6 Å². The maximum absolute atomic E-state index is 12.4. The molecule has 220 valence electrons. The Labute approximate surface area is 249 Å². The van der Waals surface area contributed by atoms with E-state index in [2.05, 4.69) is 4.90 Å². The topological polar surface area (TPSA) is 65.1 Å². The van der Waals surface area contributed by atoms with Crippen molar-refractivity contribution >= 4 is 43.9 Å². The Bertz CT molecular complexity index is 1310. The molecule has 0 unspecified atom stereocenters. The predicted molar refractivity (Wildman–Crippen MR) is 167 cm³/mol. The number of thiophene rings is 1. The predicted octanol–water partition coefficient (Wildman–Crippen LogP) is 8.54. The van der Waals surface area contributed by atoms with E-state index in [9.17, 15) is 8.42 Å². The quantitative estimate of drug-likeness (QED) is 0.192. The molecule has 2 aliphatic rings. The molecule has 2 aromatic carbocycles. The van der Waals surface area contributed by atoms with Gasteiger partial charge in [-0.1, -0.05) is 39.0 Å². The maximum Gasteiger partial charge on any atom is 0.309 e. The van der Waals surface area contributed by atoms with Gasteiger partial charge in [-0.05, 0) is 93.6 Å². The minimum Gasteiger partial charge on any atom is -0.492 e. The van der Waals surface area contributed by atoms with Gasteiger partial charge in [0.05, 0.1) is 10.6 Å². The van der Waals surface area contributed by atoms with Gasteiger partial charge in [-0.3, -0.25) is 4.90 Å². The number of ether oxygens (including phenoxy) is 2. The highest BCUT2D eigenvalue weighted by atomic mass is 35.5. The molecule has 1 aromatic heterocycles. The lowest BCUT2D eigenvalue weighted by molar-refractivity contribution is 0.183. The molecule has 1 saturated heterocycles. The molecule has 0 bridgehead atoms. The molecule has 1 saturated carbocycles. The molecule has 40 heavy (non-hydrogen) atoms. The number of rotatable bonds is 12. The second-order valence-corrected chi connectivity index (χ2v) is 13.6. The molecule has 2 heterocycles. The van der Waals surface area contributed by atoms with Crippen LogP contribution in [0.1, 0.15) is 81.9 Å². The van der Waals surface area contributed by atoms with Crippen molar-refractivity contribution in [2.75, 3.05) is 32.0 Å². The van der Waals surface area contributed by atoms with Crippen LogP contribution in [0, 0.1) is 0 Å². The number of nitrogens with zero attached hydrogens (tertiary/aromatic N) is 1. The van der Waals surface area contributed by atoms with Crippen LogP contribution in [0.5, 0.6) is 23.0 Å². The Morgan fingerprint density at radius 1 is 0.900 bits per heavy atom. The first-order valence-electron chi connectivity index (χ1n) is 14.6. The van der Waals surface area contributed by atoms with Crippen molar-refractivity contribution in [3.05, 3.63) is 47.3 Å². The minimum absolute atomic E-state index is 0. The van der Waals surface area contributed by atoms with Gasteiger partial charge >= 0.3 is 10.1 Å². The van der Waals surface area contributed by atoms with Crippen molar-refractivity contribution < 1.29 is 22.1 Å². The molecule has 2 fully saturated rings. The van der Waals surface area contributed by atoms with Gasteiger partial charge in [0.15, 0.2) is 0 Å². The first kappa shape index (κ1) is 30.9. The molecule has 9 heteroatoms. The Kier molecular flexibility index (Phi) is 11.4. The molecule has 1 aliphatic heterocycles. The summed E-state index contributed by atoms with van der Waals surface area (Å²) in [6, 6.07) is 13.4. The van der Waals surface area contributed by atoms with E-state index in [-0.39, 0.29) is 18.2 Å². The molecular formula is C31H42ClNO5S2. The first-order valence-corrected chi connectivity index (χ1v) is 17.0. The number of benzene rings is 2. The molecule has 6 nitrogen and oxygen atoms in total. The van der Waals surface area contributed by atoms with Gasteiger partial charge < -0.3 is 13.7 Å². The highest BCUT2D eigenvalue weighted by Gasteiger charge is 2.25. The smallest absolute Gasteiger partial charge is 0.309 e. The summed E-state index contributed by atoms with van der Waals surface area (Å²) in [5.74, 6) is 3.38. The second kappa shape index (κ2) is 14.8. The lowest BCUT2D eigenvalue weighted by Crippen LogP contribution is -2.33. The number of hydrogen-bond donors (Lipinski definition) is 0. The zero-order valence-electron chi connectivity index (χ0n) is 23.4. The van der Waals surface area contributed by atoms with E-state index in [1.54, 1.807) is 17.4 Å². The summed E-state index contributed by atoms with van der Waals surface area (Å²) in [7, 11) is -3.60. The zero-order valence-corrected chi connectivity index (χ0v) is 25.9. The van der Waals surface area contributed by atoms with Crippen molar-refractivity contribution in [1.29, 1.82) is 0 Å². The fourth-order valence-electron chi connectivity index (χ4n) is 5.57. The molecule has 0 amide bonds. The number of unbranched alkanes of at least 4 members (excludes halogenated alkanes) is 1. The van der Waals surface area contributed by atoms with Crippen molar-refractivity contribution in [2.24, 2.45) is 0 Å². The largest absolute Gasteiger partial charge is 0.492 e. The third-order valence-electron chi connectivity index (χ3n) is 7.76. The van der Waals surface area contributed by atoms with E-state index in [1.165, 1.54) is 56.5 Å². The van der Waals surface area contributed by atoms with E-state index >= 15 is 0 Å². The highest BCUT2D eigenvalue weighted by molar-refractivity contribution is 7.87. The first-order chi connectivity index (χ1) is 19.0. The normalized spacial score (nSPS) is 16.9. The van der Waals surface area contributed by atoms with Gasteiger partial charge in [-0.25, -0.2) is 0 Å². The average molecular weight is 608 g/mol. The number of hydrogen-bond acceptors (Lipinski definition) is 7. The zero-order chi connectivity index (χ0) is 27.1. The fourth-order valence-corrected chi connectivity index (χ4v) is 8.02. The van der Waals surface area contributed by atoms with E-state index in [1.807, 2.05) is 43.3 Å². The summed E-state index contributed by atoms with van der Waals surface area (Å²) in [5, 5.41) is 1.00. The lowest BCUT2D eigenvalue weighted by atomic mass is 9.88. The fraction of sp³-hybridized carbons (Fsp3) is 0.548. The van der Waals surface area contributed by atoms with Gasteiger partial charge in [-0.15, -0.1) is 23.7 Å². The molecule has 1 aliphatic carbocycles. The summed E-state index contributed by atoms with van der Waals surface area (Å²) in [6.07, 6.45) is 11.4. The third-order valence-corrected chi connectivity index (χ3v) is 10.3. The van der Waals surface area contributed by atoms with E-state index in [4.69, 9.17) is 13.7 Å². The Balaban J connectivity index is 0.00000370. The van der Waals surface area contributed by atoms with Crippen molar-refractivity contribution in [3.8, 4) is 23.0 Å². The second-order valence-electron chi connectivity index (χ2n) is 10.8. The molecular weight excluding hydrogens is 566 g/mol. The van der Waals surface area contributed by atoms with Crippen LogP contribution in [0.25, 0.3) is 10.1 Å². The summed E-state index contributed by atoms with van der Waals surface area (Å²) >= 11 is 1.71. The van der Waals surface area contributed by atoms with E-state index < -0.39 is 10.1 Å². The van der Waals surface area contributed by atoms with Crippen molar-refractivity contribution in [2.45, 2.75) is 77.0 Å². The molecule has 0 N–H and O–H groups in total. The van der Waals surface area contributed by atoms with Crippen LogP contribution >= 0.6 is 23.7 Å². The van der Waals surface area contributed by atoms with Crippen LogP contribution in [0.2, 0.25) is 0 Å². The molecule has 5 rings (SSSR count). The van der Waals surface area contributed by atoms with Gasteiger partial charge in [-0.2, -0.15) is 8.42 Å². The van der Waals surface area contributed by atoms with Crippen LogP contribution in [-0.4, -0.2) is 45.3 Å². The van der Waals surface area contributed by atoms with Crippen LogP contribution in [-0.2, 0) is 10.1 Å². The SMILES string of the molecule is CCCCS(=O)(=O)Oc1ccc2c(Oc3ccc(OCCN4CCCCC4)cc3)c(C3CCCCC3)sc2c1.Cl.